The first kappa shape index (κ1) is 14.6. The summed E-state index contributed by atoms with van der Waals surface area (Å²) in [5.74, 6) is 0.304. The zero-order valence-electron chi connectivity index (χ0n) is 12.8. The Morgan fingerprint density at radius 2 is 2.14 bits per heavy atom. The summed E-state index contributed by atoms with van der Waals surface area (Å²) in [6, 6.07) is 7.57. The molecule has 2 aromatic rings. The number of nitrogens with zero attached hydrogens (tertiary/aromatic N) is 3. The highest BCUT2D eigenvalue weighted by atomic mass is 16.5. The van der Waals surface area contributed by atoms with Crippen molar-refractivity contribution in [3.63, 3.8) is 0 Å². The van der Waals surface area contributed by atoms with Crippen LogP contribution in [0.2, 0.25) is 0 Å². The SMILES string of the molecule is Cc1ccccc1-c1noc(=O)n1CC(=O)N(C)CC1CC1. The topological polar surface area (TPSA) is 68.3 Å². The molecule has 22 heavy (non-hydrogen) atoms. The molecule has 1 aliphatic carbocycles. The second kappa shape index (κ2) is 5.79. The van der Waals surface area contributed by atoms with Crippen LogP contribution in [0.1, 0.15) is 18.4 Å². The van der Waals surface area contributed by atoms with E-state index in [1.807, 2.05) is 31.2 Å². The zero-order valence-corrected chi connectivity index (χ0v) is 12.8. The smallest absolute Gasteiger partial charge is 0.344 e. The van der Waals surface area contributed by atoms with Gasteiger partial charge in [-0.2, -0.15) is 0 Å². The average Bonchev–Trinajstić information content (AvgIpc) is 3.24. The predicted octanol–water partition coefficient (Wildman–Crippen LogP) is 1.68. The van der Waals surface area contributed by atoms with Crippen molar-refractivity contribution < 1.29 is 9.32 Å². The number of aromatic nitrogens is 2. The lowest BCUT2D eigenvalue weighted by Crippen LogP contribution is -2.34. The van der Waals surface area contributed by atoms with Crippen LogP contribution in [-0.2, 0) is 11.3 Å². The van der Waals surface area contributed by atoms with Crippen molar-refractivity contribution in [1.29, 1.82) is 0 Å². The molecule has 1 heterocycles. The Hall–Kier alpha value is -2.37. The van der Waals surface area contributed by atoms with Crippen molar-refractivity contribution in [3.05, 3.63) is 40.4 Å². The van der Waals surface area contributed by atoms with Crippen LogP contribution < -0.4 is 5.76 Å². The van der Waals surface area contributed by atoms with Gasteiger partial charge in [0.15, 0.2) is 5.82 Å². The molecule has 116 valence electrons. The minimum atomic E-state index is -0.605. The van der Waals surface area contributed by atoms with Gasteiger partial charge in [-0.1, -0.05) is 29.4 Å². The van der Waals surface area contributed by atoms with Crippen LogP contribution in [0.15, 0.2) is 33.6 Å². The number of carbonyl (C=O) groups is 1. The predicted molar refractivity (Wildman–Crippen MR) is 81.3 cm³/mol. The minimum absolute atomic E-state index is 0.0464. The first-order chi connectivity index (χ1) is 10.6. The monoisotopic (exact) mass is 301 g/mol. The Bertz CT molecular complexity index is 743. The van der Waals surface area contributed by atoms with Crippen LogP contribution in [0.5, 0.6) is 0 Å². The van der Waals surface area contributed by atoms with Gasteiger partial charge in [0.25, 0.3) is 0 Å². The molecule has 0 atom stereocenters. The summed E-state index contributed by atoms with van der Waals surface area (Å²) >= 11 is 0. The summed E-state index contributed by atoms with van der Waals surface area (Å²) in [5.41, 5.74) is 1.77. The molecular weight excluding hydrogens is 282 g/mol. The fourth-order valence-corrected chi connectivity index (χ4v) is 2.47. The van der Waals surface area contributed by atoms with E-state index in [9.17, 15) is 9.59 Å². The summed E-state index contributed by atoms with van der Waals surface area (Å²) in [5, 5.41) is 3.84. The fourth-order valence-electron chi connectivity index (χ4n) is 2.47. The number of rotatable bonds is 5. The quantitative estimate of drug-likeness (QED) is 0.842. The van der Waals surface area contributed by atoms with E-state index in [0.29, 0.717) is 11.7 Å². The van der Waals surface area contributed by atoms with E-state index in [-0.39, 0.29) is 12.5 Å². The molecule has 1 aromatic heterocycles. The van der Waals surface area contributed by atoms with Gasteiger partial charge in [0.05, 0.1) is 0 Å². The molecule has 1 fully saturated rings. The molecule has 0 radical (unpaired) electrons. The van der Waals surface area contributed by atoms with E-state index in [1.165, 1.54) is 17.4 Å². The van der Waals surface area contributed by atoms with E-state index in [2.05, 4.69) is 5.16 Å². The molecule has 0 N–H and O–H groups in total. The van der Waals surface area contributed by atoms with Gasteiger partial charge in [0, 0.05) is 19.2 Å². The van der Waals surface area contributed by atoms with Crippen LogP contribution in [0.3, 0.4) is 0 Å². The molecule has 1 aromatic carbocycles. The fraction of sp³-hybridized carbons (Fsp3) is 0.438. The van der Waals surface area contributed by atoms with Gasteiger partial charge in [0.1, 0.15) is 6.54 Å². The number of benzene rings is 1. The molecule has 3 rings (SSSR count). The van der Waals surface area contributed by atoms with Gasteiger partial charge >= 0.3 is 5.76 Å². The number of amides is 1. The average molecular weight is 301 g/mol. The maximum Gasteiger partial charge on any atom is 0.442 e. The summed E-state index contributed by atoms with van der Waals surface area (Å²) in [6.07, 6.45) is 2.36. The third-order valence-corrected chi connectivity index (χ3v) is 4.02. The van der Waals surface area contributed by atoms with E-state index < -0.39 is 5.76 Å². The Kier molecular flexibility index (Phi) is 3.83. The third kappa shape index (κ3) is 2.95. The highest BCUT2D eigenvalue weighted by Gasteiger charge is 2.26. The minimum Gasteiger partial charge on any atom is -0.344 e. The first-order valence-corrected chi connectivity index (χ1v) is 7.42. The number of carbonyl (C=O) groups excluding carboxylic acids is 1. The molecular formula is C16H19N3O3. The van der Waals surface area contributed by atoms with Crippen LogP contribution in [-0.4, -0.2) is 34.1 Å². The molecule has 0 spiro atoms. The van der Waals surface area contributed by atoms with Crippen molar-refractivity contribution in [2.45, 2.75) is 26.3 Å². The Morgan fingerprint density at radius 1 is 1.41 bits per heavy atom. The number of likely N-dealkylation sites (N-methyl/N-ethyl adjacent to an activating group) is 1. The lowest BCUT2D eigenvalue weighted by molar-refractivity contribution is -0.130. The Labute approximate surface area is 128 Å². The van der Waals surface area contributed by atoms with Gasteiger partial charge in [-0.3, -0.25) is 9.32 Å². The van der Waals surface area contributed by atoms with Gasteiger partial charge in [0.2, 0.25) is 5.91 Å². The van der Waals surface area contributed by atoms with Crippen LogP contribution in [0.4, 0.5) is 0 Å². The maximum absolute atomic E-state index is 12.3. The molecule has 1 saturated carbocycles. The zero-order chi connectivity index (χ0) is 15.7. The van der Waals surface area contributed by atoms with E-state index in [1.54, 1.807) is 11.9 Å². The van der Waals surface area contributed by atoms with Crippen molar-refractivity contribution in [2.24, 2.45) is 5.92 Å². The molecule has 6 nitrogen and oxygen atoms in total. The largest absolute Gasteiger partial charge is 0.442 e. The van der Waals surface area contributed by atoms with Crippen LogP contribution in [0.25, 0.3) is 11.4 Å². The normalized spacial score (nSPS) is 14.1. The van der Waals surface area contributed by atoms with E-state index >= 15 is 0 Å². The van der Waals surface area contributed by atoms with Crippen LogP contribution >= 0.6 is 0 Å². The lowest BCUT2D eigenvalue weighted by atomic mass is 10.1. The van der Waals surface area contributed by atoms with Crippen molar-refractivity contribution in [1.82, 2.24) is 14.6 Å². The van der Waals surface area contributed by atoms with E-state index in [0.717, 1.165) is 17.7 Å². The van der Waals surface area contributed by atoms with Gasteiger partial charge in [-0.05, 0) is 31.2 Å². The summed E-state index contributed by atoms with van der Waals surface area (Å²) in [4.78, 5) is 25.9. The highest BCUT2D eigenvalue weighted by molar-refractivity contribution is 5.76. The summed E-state index contributed by atoms with van der Waals surface area (Å²) < 4.78 is 6.07. The molecule has 6 heteroatoms. The Balaban J connectivity index is 1.85. The van der Waals surface area contributed by atoms with Gasteiger partial charge < -0.3 is 4.90 Å². The highest BCUT2D eigenvalue weighted by Crippen LogP contribution is 2.29. The molecule has 1 aliphatic rings. The van der Waals surface area contributed by atoms with E-state index in [4.69, 9.17) is 4.52 Å². The standard InChI is InChI=1S/C16H19N3O3/c1-11-5-3-4-6-13(11)15-17-22-16(21)19(15)10-14(20)18(2)9-12-7-8-12/h3-6,12H,7-10H2,1-2H3. The number of aryl methyl sites for hydroxylation is 1. The Morgan fingerprint density at radius 3 is 2.82 bits per heavy atom. The van der Waals surface area contributed by atoms with Gasteiger partial charge in [-0.25, -0.2) is 9.36 Å². The molecule has 0 saturated heterocycles. The summed E-state index contributed by atoms with van der Waals surface area (Å²) in [7, 11) is 1.77. The van der Waals surface area contributed by atoms with Crippen molar-refractivity contribution >= 4 is 5.91 Å². The second-order valence-corrected chi connectivity index (χ2v) is 5.89. The first-order valence-electron chi connectivity index (χ1n) is 7.42. The van der Waals surface area contributed by atoms with Crippen molar-refractivity contribution in [3.8, 4) is 11.4 Å². The molecule has 1 amide bonds. The lowest BCUT2D eigenvalue weighted by Gasteiger charge is -2.17. The van der Waals surface area contributed by atoms with Crippen LogP contribution in [0, 0.1) is 12.8 Å². The number of hydrogen-bond acceptors (Lipinski definition) is 4. The maximum atomic E-state index is 12.3. The molecule has 0 aliphatic heterocycles. The van der Waals surface area contributed by atoms with Gasteiger partial charge in [-0.15, -0.1) is 0 Å². The second-order valence-electron chi connectivity index (χ2n) is 5.89. The third-order valence-electron chi connectivity index (χ3n) is 4.02. The van der Waals surface area contributed by atoms with Crippen molar-refractivity contribution in [2.75, 3.05) is 13.6 Å². The molecule has 0 bridgehead atoms. The number of hydrogen-bond donors (Lipinski definition) is 0. The molecule has 0 unspecified atom stereocenters. The summed E-state index contributed by atoms with van der Waals surface area (Å²) in [6.45, 7) is 2.63.